The number of hydrogen-bond donors (Lipinski definition) is 2. The van der Waals surface area contributed by atoms with Crippen LogP contribution in [0.1, 0.15) is 25.0 Å². The van der Waals surface area contributed by atoms with E-state index in [0.29, 0.717) is 19.7 Å². The number of aryl methyl sites for hydroxylation is 1. The lowest BCUT2D eigenvalue weighted by molar-refractivity contribution is 0.0998. The molecule has 0 aliphatic carbocycles. The molecule has 8 nitrogen and oxygen atoms in total. The Hall–Kier alpha value is -2.35. The number of nitrogens with zero attached hydrogens (tertiary/aromatic N) is 4. The lowest BCUT2D eigenvalue weighted by atomic mass is 10.1. The summed E-state index contributed by atoms with van der Waals surface area (Å²) in [4.78, 5) is 12.0. The van der Waals surface area contributed by atoms with Crippen molar-refractivity contribution in [1.29, 1.82) is 0 Å². The molecule has 23 heavy (non-hydrogen) atoms. The Balaban J connectivity index is 1.48. The first-order chi connectivity index (χ1) is 11.3. The topological polar surface area (TPSA) is 86.0 Å². The molecular formula is C15H22N6O2. The maximum atomic E-state index is 12.0. The Bertz CT molecular complexity index is 624. The third-order valence-corrected chi connectivity index (χ3v) is 3.90. The van der Waals surface area contributed by atoms with E-state index >= 15 is 0 Å². The van der Waals surface area contributed by atoms with E-state index in [0.717, 1.165) is 18.5 Å². The highest BCUT2D eigenvalue weighted by atomic mass is 16.5. The van der Waals surface area contributed by atoms with Gasteiger partial charge in [-0.05, 0) is 19.4 Å². The molecule has 0 unspecified atom stereocenters. The molecule has 3 rings (SSSR count). The smallest absolute Gasteiger partial charge is 0.315 e. The fourth-order valence-electron chi connectivity index (χ4n) is 2.70. The van der Waals surface area contributed by atoms with Gasteiger partial charge in [0.15, 0.2) is 0 Å². The summed E-state index contributed by atoms with van der Waals surface area (Å²) in [6.07, 6.45) is 8.04. The highest BCUT2D eigenvalue weighted by Crippen LogP contribution is 2.28. The fourth-order valence-corrected chi connectivity index (χ4v) is 2.70. The average molecular weight is 318 g/mol. The number of hydrogen-bond acceptors (Lipinski definition) is 4. The van der Waals surface area contributed by atoms with Crippen LogP contribution in [-0.4, -0.2) is 44.8 Å². The van der Waals surface area contributed by atoms with Crippen molar-refractivity contribution in [3.63, 3.8) is 0 Å². The van der Waals surface area contributed by atoms with Crippen molar-refractivity contribution in [2.45, 2.75) is 38.6 Å². The molecule has 0 radical (unpaired) electrons. The molecule has 2 amide bonds. The Morgan fingerprint density at radius 1 is 1.43 bits per heavy atom. The molecule has 1 fully saturated rings. The quantitative estimate of drug-likeness (QED) is 0.829. The van der Waals surface area contributed by atoms with Gasteiger partial charge in [-0.25, -0.2) is 4.79 Å². The molecule has 1 saturated heterocycles. The van der Waals surface area contributed by atoms with Gasteiger partial charge in [0.2, 0.25) is 0 Å². The summed E-state index contributed by atoms with van der Waals surface area (Å²) in [5, 5.41) is 14.2. The van der Waals surface area contributed by atoms with E-state index in [2.05, 4.69) is 20.8 Å². The molecule has 124 valence electrons. The van der Waals surface area contributed by atoms with Crippen LogP contribution in [0.5, 0.6) is 0 Å². The van der Waals surface area contributed by atoms with E-state index in [9.17, 15) is 4.79 Å². The van der Waals surface area contributed by atoms with Gasteiger partial charge < -0.3 is 15.4 Å². The Labute approximate surface area is 134 Å². The first kappa shape index (κ1) is 15.5. The first-order valence-corrected chi connectivity index (χ1v) is 7.92. The number of aromatic nitrogens is 4. The van der Waals surface area contributed by atoms with Crippen LogP contribution in [0.2, 0.25) is 0 Å². The van der Waals surface area contributed by atoms with Crippen LogP contribution in [-0.2, 0) is 17.8 Å². The number of carbonyl (C=O) groups is 1. The van der Waals surface area contributed by atoms with Crippen molar-refractivity contribution in [2.24, 2.45) is 0 Å². The zero-order valence-electron chi connectivity index (χ0n) is 13.2. The van der Waals surface area contributed by atoms with Gasteiger partial charge in [-0.2, -0.15) is 10.2 Å². The number of nitrogens with one attached hydrogen (secondary N) is 2. The number of ether oxygens (including phenoxy) is 1. The molecule has 0 aromatic carbocycles. The third-order valence-electron chi connectivity index (χ3n) is 3.90. The van der Waals surface area contributed by atoms with Crippen molar-refractivity contribution in [1.82, 2.24) is 30.2 Å². The third kappa shape index (κ3) is 3.89. The molecule has 0 spiro atoms. The van der Waals surface area contributed by atoms with Gasteiger partial charge in [0.25, 0.3) is 0 Å². The summed E-state index contributed by atoms with van der Waals surface area (Å²) >= 11 is 0. The van der Waals surface area contributed by atoms with Crippen LogP contribution in [0, 0.1) is 0 Å². The molecule has 2 aromatic rings. The summed E-state index contributed by atoms with van der Waals surface area (Å²) in [6, 6.07) is 1.64. The predicted molar refractivity (Wildman–Crippen MR) is 83.8 cm³/mol. The minimum absolute atomic E-state index is 0.0331. The molecule has 3 heterocycles. The molecule has 0 saturated carbocycles. The minimum Gasteiger partial charge on any atom is -0.371 e. The summed E-state index contributed by atoms with van der Waals surface area (Å²) < 4.78 is 9.40. The summed E-state index contributed by atoms with van der Waals surface area (Å²) in [6.45, 7) is 4.67. The van der Waals surface area contributed by atoms with Crippen molar-refractivity contribution < 1.29 is 9.53 Å². The number of amides is 2. The highest BCUT2D eigenvalue weighted by Gasteiger charge is 2.31. The van der Waals surface area contributed by atoms with E-state index in [1.807, 2.05) is 36.3 Å². The SMILES string of the molecule is CCn1cc([C@H]2OCC[C@@H]2NC(=O)NCCn2cccn2)cn1. The molecule has 2 N–H and O–H groups in total. The van der Waals surface area contributed by atoms with Crippen molar-refractivity contribution in [2.75, 3.05) is 13.2 Å². The van der Waals surface area contributed by atoms with Gasteiger partial charge in [0.05, 0.1) is 18.8 Å². The molecule has 8 heteroatoms. The van der Waals surface area contributed by atoms with E-state index < -0.39 is 0 Å². The zero-order chi connectivity index (χ0) is 16.1. The zero-order valence-corrected chi connectivity index (χ0v) is 13.2. The van der Waals surface area contributed by atoms with E-state index in [1.165, 1.54) is 0 Å². The molecule has 1 aliphatic heterocycles. The minimum atomic E-state index is -0.180. The molecular weight excluding hydrogens is 296 g/mol. The Morgan fingerprint density at radius 3 is 3.09 bits per heavy atom. The van der Waals surface area contributed by atoms with E-state index in [4.69, 9.17) is 4.74 Å². The number of rotatable bonds is 6. The van der Waals surface area contributed by atoms with Gasteiger partial charge in [-0.3, -0.25) is 9.36 Å². The standard InChI is InChI=1S/C15H22N6O2/c1-2-20-11-12(10-18-20)14-13(4-9-23-14)19-15(22)16-6-8-21-7-3-5-17-21/h3,5,7,10-11,13-14H,2,4,6,8-9H2,1H3,(H2,16,19,22)/t13-,14+/m0/s1. The lowest BCUT2D eigenvalue weighted by Crippen LogP contribution is -2.44. The van der Waals surface area contributed by atoms with E-state index in [-0.39, 0.29) is 18.2 Å². The van der Waals surface area contributed by atoms with Crippen LogP contribution in [0.3, 0.4) is 0 Å². The monoisotopic (exact) mass is 318 g/mol. The molecule has 2 aromatic heterocycles. The fraction of sp³-hybridized carbons (Fsp3) is 0.533. The summed E-state index contributed by atoms with van der Waals surface area (Å²) in [5.74, 6) is 0. The van der Waals surface area contributed by atoms with Crippen LogP contribution in [0.4, 0.5) is 4.79 Å². The highest BCUT2D eigenvalue weighted by molar-refractivity contribution is 5.74. The summed E-state index contributed by atoms with van der Waals surface area (Å²) in [7, 11) is 0. The van der Waals surface area contributed by atoms with Gasteiger partial charge in [0, 0.05) is 43.9 Å². The van der Waals surface area contributed by atoms with Crippen LogP contribution < -0.4 is 10.6 Å². The second-order valence-electron chi connectivity index (χ2n) is 5.49. The Kier molecular flexibility index (Phi) is 4.92. The maximum Gasteiger partial charge on any atom is 0.315 e. The van der Waals surface area contributed by atoms with Crippen molar-refractivity contribution in [3.05, 3.63) is 36.4 Å². The van der Waals surface area contributed by atoms with Gasteiger partial charge in [0.1, 0.15) is 6.10 Å². The first-order valence-electron chi connectivity index (χ1n) is 7.92. The normalized spacial score (nSPS) is 20.6. The lowest BCUT2D eigenvalue weighted by Gasteiger charge is -2.19. The second kappa shape index (κ2) is 7.28. The van der Waals surface area contributed by atoms with Gasteiger partial charge in [-0.15, -0.1) is 0 Å². The van der Waals surface area contributed by atoms with Crippen molar-refractivity contribution in [3.8, 4) is 0 Å². The number of carbonyl (C=O) groups excluding carboxylic acids is 1. The van der Waals surface area contributed by atoms with Crippen LogP contribution in [0.15, 0.2) is 30.9 Å². The molecule has 2 atom stereocenters. The summed E-state index contributed by atoms with van der Waals surface area (Å²) in [5.41, 5.74) is 1.01. The predicted octanol–water partition coefficient (Wildman–Crippen LogP) is 0.929. The van der Waals surface area contributed by atoms with Crippen molar-refractivity contribution >= 4 is 6.03 Å². The second-order valence-corrected chi connectivity index (χ2v) is 5.49. The Morgan fingerprint density at radius 2 is 2.35 bits per heavy atom. The van der Waals surface area contributed by atoms with Gasteiger partial charge >= 0.3 is 6.03 Å². The van der Waals surface area contributed by atoms with Crippen LogP contribution >= 0.6 is 0 Å². The maximum absolute atomic E-state index is 12.0. The number of urea groups is 1. The largest absolute Gasteiger partial charge is 0.371 e. The van der Waals surface area contributed by atoms with Crippen LogP contribution in [0.25, 0.3) is 0 Å². The van der Waals surface area contributed by atoms with E-state index in [1.54, 1.807) is 10.9 Å². The van der Waals surface area contributed by atoms with Gasteiger partial charge in [-0.1, -0.05) is 0 Å². The average Bonchev–Trinajstić information content (AvgIpc) is 3.28. The molecule has 0 bridgehead atoms. The molecule has 1 aliphatic rings.